The summed E-state index contributed by atoms with van der Waals surface area (Å²) in [6.07, 6.45) is 6.32. The van der Waals surface area contributed by atoms with Crippen molar-refractivity contribution in [2.75, 3.05) is 52.5 Å². The summed E-state index contributed by atoms with van der Waals surface area (Å²) < 4.78 is 20.2. The third kappa shape index (κ3) is 11.8. The first-order chi connectivity index (χ1) is 32.4. The van der Waals surface area contributed by atoms with E-state index in [9.17, 15) is 24.0 Å². The molecule has 1 aromatic heterocycles. The summed E-state index contributed by atoms with van der Waals surface area (Å²) in [4.78, 5) is 73.2. The molecule has 2 atom stereocenters. The molecule has 1 aliphatic carbocycles. The van der Waals surface area contributed by atoms with Crippen molar-refractivity contribution in [1.82, 2.24) is 35.1 Å². The van der Waals surface area contributed by atoms with Gasteiger partial charge in [-0.1, -0.05) is 113 Å². The summed E-state index contributed by atoms with van der Waals surface area (Å²) in [6, 6.07) is 30.0. The molecule has 4 aromatic rings. The zero-order valence-electron chi connectivity index (χ0n) is 39.5. The number of hydrogen-bond donors (Lipinski definition) is 2. The third-order valence-electron chi connectivity index (χ3n) is 13.1. The van der Waals surface area contributed by atoms with Crippen LogP contribution in [0.15, 0.2) is 97.1 Å². The average Bonchev–Trinajstić information content (AvgIpc) is 4.01. The number of carbonyl (C=O) groups excluding carboxylic acids is 5. The minimum Gasteiger partial charge on any atom is -0.467 e. The highest BCUT2D eigenvalue weighted by Crippen LogP contribution is 2.37. The van der Waals surface area contributed by atoms with Crippen LogP contribution >= 0.6 is 0 Å². The zero-order chi connectivity index (χ0) is 47.4. The van der Waals surface area contributed by atoms with Gasteiger partial charge in [0.05, 0.1) is 12.3 Å². The van der Waals surface area contributed by atoms with Gasteiger partial charge >= 0.3 is 6.09 Å². The Hall–Kier alpha value is -6.00. The number of nitrogens with one attached hydrogen (secondary N) is 2. The van der Waals surface area contributed by atoms with Crippen molar-refractivity contribution < 1.29 is 37.9 Å². The largest absolute Gasteiger partial charge is 0.467 e. The van der Waals surface area contributed by atoms with Crippen LogP contribution in [0.25, 0.3) is 5.69 Å². The van der Waals surface area contributed by atoms with Crippen LogP contribution in [0.2, 0.25) is 5.04 Å². The van der Waals surface area contributed by atoms with Crippen LogP contribution in [0.1, 0.15) is 96.0 Å². The molecular weight excluding hydrogens is 867 g/mol. The lowest BCUT2D eigenvalue weighted by Gasteiger charge is -2.43. The average molecular weight is 934 g/mol. The maximum absolute atomic E-state index is 14.5. The van der Waals surface area contributed by atoms with Crippen molar-refractivity contribution in [1.29, 1.82) is 0 Å². The van der Waals surface area contributed by atoms with Gasteiger partial charge in [0, 0.05) is 51.4 Å². The van der Waals surface area contributed by atoms with Gasteiger partial charge in [0.2, 0.25) is 17.7 Å². The Kier molecular flexibility index (Phi) is 16.5. The SMILES string of the molecule is CCCCOC(=O)N1CCN(C(=O)C(CCCO[Si](c2ccccc2)(c2ccccc2)C(C)(C)C)NC(=O)c2cc(OCC(=O)N3CCCC3C(=O)NC3CCC3)n(-c3ccccc3)n2)CC1. The van der Waals surface area contributed by atoms with Crippen molar-refractivity contribution >= 4 is 48.4 Å². The van der Waals surface area contributed by atoms with Gasteiger partial charge in [0.25, 0.3) is 20.1 Å². The number of aromatic nitrogens is 2. The molecule has 1 saturated carbocycles. The number of ether oxygens (including phenoxy) is 2. The lowest BCUT2D eigenvalue weighted by atomic mass is 9.93. The number of hydrogen-bond acceptors (Lipinski definition) is 9. The van der Waals surface area contributed by atoms with E-state index < -0.39 is 32.4 Å². The fourth-order valence-corrected chi connectivity index (χ4v) is 13.8. The molecule has 15 nitrogen and oxygen atoms in total. The highest BCUT2D eigenvalue weighted by atomic mass is 28.4. The van der Waals surface area contributed by atoms with Gasteiger partial charge in [-0.3, -0.25) is 19.2 Å². The second kappa shape index (κ2) is 22.7. The minimum absolute atomic E-state index is 0.00812. The van der Waals surface area contributed by atoms with E-state index in [-0.39, 0.29) is 66.5 Å². The number of para-hydroxylation sites is 1. The molecule has 3 aliphatic rings. The van der Waals surface area contributed by atoms with Gasteiger partial charge in [-0.05, 0) is 78.9 Å². The van der Waals surface area contributed by atoms with Crippen molar-refractivity contribution in [2.24, 2.45) is 0 Å². The predicted octanol–water partition coefficient (Wildman–Crippen LogP) is 5.45. The molecule has 16 heteroatoms. The Morgan fingerprint density at radius 3 is 2.00 bits per heavy atom. The summed E-state index contributed by atoms with van der Waals surface area (Å²) in [7, 11) is -2.88. The van der Waals surface area contributed by atoms with Crippen LogP contribution in [-0.2, 0) is 23.5 Å². The van der Waals surface area contributed by atoms with Crippen molar-refractivity contribution in [3.05, 3.63) is 103 Å². The molecule has 2 saturated heterocycles. The predicted molar refractivity (Wildman–Crippen MR) is 258 cm³/mol. The lowest BCUT2D eigenvalue weighted by molar-refractivity contribution is -0.140. The number of unbranched alkanes of at least 4 members (excludes halogenated alkanes) is 1. The minimum atomic E-state index is -2.88. The standard InChI is InChI=1S/C51H67N7O8Si/c1-5-6-34-64-50(63)56-32-30-55(31-33-56)49(62)42(27-18-35-66-67(51(2,3)4,40-23-12-8-13-24-40)41-25-14-9-15-26-41)53-47(60)43-36-46(58(54-43)39-21-10-7-11-22-39)65-37-45(59)57-29-17-28-44(57)48(61)52-38-19-16-20-38/h7-15,21-26,36,38,42,44H,5-6,16-20,27-35,37H2,1-4H3,(H,52,61)(H,53,60). The Balaban J connectivity index is 1.09. The van der Waals surface area contributed by atoms with E-state index in [1.807, 2.05) is 73.7 Å². The molecule has 5 amide bonds. The van der Waals surface area contributed by atoms with Gasteiger partial charge in [0.15, 0.2) is 12.3 Å². The Morgan fingerprint density at radius 1 is 0.776 bits per heavy atom. The fourth-order valence-electron chi connectivity index (χ4n) is 9.23. The molecule has 7 rings (SSSR count). The van der Waals surface area contributed by atoms with Crippen LogP contribution in [0.5, 0.6) is 5.88 Å². The van der Waals surface area contributed by atoms with Gasteiger partial charge in [-0.2, -0.15) is 5.10 Å². The van der Waals surface area contributed by atoms with E-state index in [2.05, 4.69) is 60.8 Å². The smallest absolute Gasteiger partial charge is 0.409 e. The summed E-state index contributed by atoms with van der Waals surface area (Å²) in [5, 5.41) is 12.8. The van der Waals surface area contributed by atoms with Crippen LogP contribution in [0.3, 0.4) is 0 Å². The normalized spacial score (nSPS) is 17.1. The molecule has 358 valence electrons. The fraction of sp³-hybridized carbons (Fsp3) is 0.490. The van der Waals surface area contributed by atoms with Crippen LogP contribution in [0, 0.1) is 0 Å². The van der Waals surface area contributed by atoms with E-state index in [1.165, 1.54) is 10.7 Å². The summed E-state index contributed by atoms with van der Waals surface area (Å²) >= 11 is 0. The van der Waals surface area contributed by atoms with Gasteiger partial charge in [-0.15, -0.1) is 0 Å². The van der Waals surface area contributed by atoms with Crippen molar-refractivity contribution in [3.63, 3.8) is 0 Å². The summed E-state index contributed by atoms with van der Waals surface area (Å²) in [5.41, 5.74) is 0.591. The first kappa shape index (κ1) is 48.9. The first-order valence-electron chi connectivity index (χ1n) is 24.0. The van der Waals surface area contributed by atoms with E-state index >= 15 is 0 Å². The number of piperazine rings is 1. The summed E-state index contributed by atoms with van der Waals surface area (Å²) in [6.45, 7) is 10.6. The Labute approximate surface area is 395 Å². The lowest BCUT2D eigenvalue weighted by Crippen LogP contribution is -2.66. The van der Waals surface area contributed by atoms with Gasteiger partial charge < -0.3 is 39.2 Å². The molecule has 2 aliphatic heterocycles. The molecular formula is C51H67N7O8Si. The van der Waals surface area contributed by atoms with Gasteiger partial charge in [-0.25, -0.2) is 9.48 Å². The maximum atomic E-state index is 14.5. The van der Waals surface area contributed by atoms with E-state index in [1.54, 1.807) is 14.7 Å². The quantitative estimate of drug-likeness (QED) is 0.0920. The second-order valence-corrected chi connectivity index (χ2v) is 23.1. The number of amides is 5. The number of benzene rings is 3. The highest BCUT2D eigenvalue weighted by Gasteiger charge is 2.50. The van der Waals surface area contributed by atoms with Crippen molar-refractivity contribution in [2.45, 2.75) is 109 Å². The Morgan fingerprint density at radius 2 is 1.40 bits per heavy atom. The second-order valence-electron chi connectivity index (χ2n) is 18.7. The number of nitrogens with zero attached hydrogens (tertiary/aromatic N) is 5. The molecule has 3 fully saturated rings. The first-order valence-corrected chi connectivity index (χ1v) is 25.9. The molecule has 0 spiro atoms. The van der Waals surface area contributed by atoms with Crippen LogP contribution < -0.4 is 25.7 Å². The molecule has 3 heterocycles. The third-order valence-corrected chi connectivity index (χ3v) is 18.2. The van der Waals surface area contributed by atoms with Crippen LogP contribution in [-0.4, -0.2) is 133 Å². The molecule has 2 N–H and O–H groups in total. The van der Waals surface area contributed by atoms with E-state index in [0.717, 1.165) is 42.5 Å². The number of rotatable bonds is 19. The highest BCUT2D eigenvalue weighted by molar-refractivity contribution is 6.99. The Bertz CT molecular complexity index is 2240. The zero-order valence-corrected chi connectivity index (χ0v) is 40.5. The maximum Gasteiger partial charge on any atom is 0.409 e. The van der Waals surface area contributed by atoms with E-state index in [0.29, 0.717) is 57.8 Å². The molecule has 0 radical (unpaired) electrons. The molecule has 0 bridgehead atoms. The van der Waals surface area contributed by atoms with Crippen LogP contribution in [0.4, 0.5) is 4.79 Å². The number of carbonyl (C=O) groups is 5. The molecule has 2 unspecified atom stereocenters. The molecule has 67 heavy (non-hydrogen) atoms. The monoisotopic (exact) mass is 933 g/mol. The van der Waals surface area contributed by atoms with E-state index in [4.69, 9.17) is 13.9 Å². The summed E-state index contributed by atoms with van der Waals surface area (Å²) in [5.74, 6) is -1.18. The topological polar surface area (TPSA) is 165 Å². The number of likely N-dealkylation sites (tertiary alicyclic amines) is 1. The molecule has 3 aromatic carbocycles. The van der Waals surface area contributed by atoms with Gasteiger partial charge in [0.1, 0.15) is 12.1 Å². The van der Waals surface area contributed by atoms with Crippen molar-refractivity contribution in [3.8, 4) is 11.6 Å².